The molecule has 0 aliphatic heterocycles. The number of nitrogens with zero attached hydrogens (tertiary/aromatic N) is 3. The zero-order chi connectivity index (χ0) is 12.7. The van der Waals surface area contributed by atoms with Gasteiger partial charge in [0.15, 0.2) is 5.16 Å². The van der Waals surface area contributed by atoms with Crippen LogP contribution in [0.25, 0.3) is 0 Å². The first kappa shape index (κ1) is 13.7. The summed E-state index contributed by atoms with van der Waals surface area (Å²) >= 11 is 1.35. The lowest BCUT2D eigenvalue weighted by molar-refractivity contribution is -0.118. The Bertz CT molecular complexity index is 390. The van der Waals surface area contributed by atoms with Gasteiger partial charge >= 0.3 is 0 Å². The highest BCUT2D eigenvalue weighted by atomic mass is 32.2. The fraction of sp³-hybridized carbons (Fsp3) is 0.500. The van der Waals surface area contributed by atoms with Gasteiger partial charge in [0, 0.05) is 19.6 Å². The number of hydrogen-bond donors (Lipinski definition) is 2. The number of aromatic nitrogens is 3. The van der Waals surface area contributed by atoms with Gasteiger partial charge in [-0.05, 0) is 6.92 Å². The van der Waals surface area contributed by atoms with Gasteiger partial charge in [0.25, 0.3) is 0 Å². The molecule has 3 N–H and O–H groups in total. The van der Waals surface area contributed by atoms with E-state index in [1.807, 2.05) is 11.5 Å². The second-order valence-corrected chi connectivity index (χ2v) is 4.29. The monoisotopic (exact) mass is 255 g/mol. The molecule has 0 atom stereocenters. The zero-order valence-electron chi connectivity index (χ0n) is 9.85. The van der Waals surface area contributed by atoms with Gasteiger partial charge in [-0.3, -0.25) is 4.79 Å². The predicted molar refractivity (Wildman–Crippen MR) is 67.7 cm³/mol. The molecular formula is C10H17N5OS. The average Bonchev–Trinajstić information content (AvgIpc) is 2.66. The third kappa shape index (κ3) is 4.20. The largest absolute Gasteiger partial charge is 0.352 e. The minimum atomic E-state index is -0.0464. The quantitative estimate of drug-likeness (QED) is 0.526. The molecule has 0 fully saturated rings. The van der Waals surface area contributed by atoms with E-state index in [-0.39, 0.29) is 5.91 Å². The maximum atomic E-state index is 11.4. The molecule has 0 spiro atoms. The van der Waals surface area contributed by atoms with E-state index in [0.29, 0.717) is 25.4 Å². The summed E-state index contributed by atoms with van der Waals surface area (Å²) in [5.41, 5.74) is 5.50. The Morgan fingerprint density at radius 3 is 3.06 bits per heavy atom. The maximum absolute atomic E-state index is 11.4. The lowest BCUT2D eigenvalue weighted by Gasteiger charge is -2.06. The van der Waals surface area contributed by atoms with Gasteiger partial charge in [-0.15, -0.1) is 16.8 Å². The summed E-state index contributed by atoms with van der Waals surface area (Å²) in [5.74, 6) is 1.08. The molecule has 0 aliphatic rings. The van der Waals surface area contributed by atoms with Crippen molar-refractivity contribution in [3.8, 4) is 0 Å². The lowest BCUT2D eigenvalue weighted by atomic mass is 10.6. The van der Waals surface area contributed by atoms with Gasteiger partial charge in [0.1, 0.15) is 5.82 Å². The summed E-state index contributed by atoms with van der Waals surface area (Å²) in [6.07, 6.45) is 1.64. The molecular weight excluding hydrogens is 238 g/mol. The van der Waals surface area contributed by atoms with Crippen LogP contribution >= 0.6 is 11.8 Å². The molecule has 1 amide bonds. The summed E-state index contributed by atoms with van der Waals surface area (Å²) in [6, 6.07) is 0. The number of aryl methyl sites for hydroxylation is 1. The molecule has 17 heavy (non-hydrogen) atoms. The maximum Gasteiger partial charge on any atom is 0.230 e. The summed E-state index contributed by atoms with van der Waals surface area (Å²) < 4.78 is 1.91. The van der Waals surface area contributed by atoms with Crippen LogP contribution in [-0.4, -0.2) is 39.5 Å². The summed E-state index contributed by atoms with van der Waals surface area (Å²) in [5, 5.41) is 11.4. The van der Waals surface area contributed by atoms with Gasteiger partial charge < -0.3 is 15.6 Å². The molecule has 7 heteroatoms. The van der Waals surface area contributed by atoms with Crippen LogP contribution in [0.5, 0.6) is 0 Å². The van der Waals surface area contributed by atoms with Gasteiger partial charge in [0.2, 0.25) is 5.91 Å². The molecule has 0 aliphatic carbocycles. The zero-order valence-corrected chi connectivity index (χ0v) is 10.7. The van der Waals surface area contributed by atoms with E-state index in [1.165, 1.54) is 11.8 Å². The van der Waals surface area contributed by atoms with Gasteiger partial charge in [-0.25, -0.2) is 0 Å². The fourth-order valence-corrected chi connectivity index (χ4v) is 2.06. The number of hydrogen-bond acceptors (Lipinski definition) is 5. The Hall–Kier alpha value is -1.34. The second-order valence-electron chi connectivity index (χ2n) is 3.35. The van der Waals surface area contributed by atoms with Crippen LogP contribution in [-0.2, 0) is 11.3 Å². The van der Waals surface area contributed by atoms with Crippen molar-refractivity contribution in [2.45, 2.75) is 18.6 Å². The van der Waals surface area contributed by atoms with Crippen molar-refractivity contribution in [2.24, 2.45) is 5.73 Å². The molecule has 0 aromatic carbocycles. The van der Waals surface area contributed by atoms with Crippen molar-refractivity contribution in [1.82, 2.24) is 20.1 Å². The minimum absolute atomic E-state index is 0.0464. The van der Waals surface area contributed by atoms with E-state index < -0.39 is 0 Å². The number of nitrogens with one attached hydrogen (secondary N) is 1. The number of carbonyl (C=O) groups is 1. The standard InChI is InChI=1S/C10H17N5OS/c1-3-5-12-9(16)7-17-10-14-13-8(2)15(10)6-4-11/h3H,1,4-7,11H2,2H3,(H,12,16). The first-order valence-corrected chi connectivity index (χ1v) is 6.28. The number of thioether (sulfide) groups is 1. The molecule has 6 nitrogen and oxygen atoms in total. The molecule has 1 aromatic heterocycles. The molecule has 1 rings (SSSR count). The van der Waals surface area contributed by atoms with Crippen molar-refractivity contribution in [3.63, 3.8) is 0 Å². The molecule has 0 saturated heterocycles. The molecule has 1 aromatic rings. The van der Waals surface area contributed by atoms with Gasteiger partial charge in [-0.1, -0.05) is 17.8 Å². The first-order chi connectivity index (χ1) is 8.19. The Balaban J connectivity index is 2.51. The molecule has 0 bridgehead atoms. The van der Waals surface area contributed by atoms with Crippen molar-refractivity contribution in [2.75, 3.05) is 18.8 Å². The van der Waals surface area contributed by atoms with E-state index in [2.05, 4.69) is 22.1 Å². The van der Waals surface area contributed by atoms with Crippen molar-refractivity contribution < 1.29 is 4.79 Å². The highest BCUT2D eigenvalue weighted by Gasteiger charge is 2.10. The third-order valence-corrected chi connectivity index (χ3v) is 3.00. The number of carbonyl (C=O) groups excluding carboxylic acids is 1. The Kier molecular flexibility index (Phi) is 5.71. The van der Waals surface area contributed by atoms with Crippen molar-refractivity contribution in [1.29, 1.82) is 0 Å². The second kappa shape index (κ2) is 7.08. The highest BCUT2D eigenvalue weighted by Crippen LogP contribution is 2.15. The minimum Gasteiger partial charge on any atom is -0.352 e. The van der Waals surface area contributed by atoms with Crippen LogP contribution in [0.2, 0.25) is 0 Å². The number of rotatable bonds is 7. The number of amides is 1. The topological polar surface area (TPSA) is 85.8 Å². The predicted octanol–water partition coefficient (Wildman–Crippen LogP) is -0.0605. The van der Waals surface area contributed by atoms with Crippen molar-refractivity contribution >= 4 is 17.7 Å². The molecule has 94 valence electrons. The molecule has 0 radical (unpaired) electrons. The van der Waals surface area contributed by atoms with Crippen LogP contribution in [0.1, 0.15) is 5.82 Å². The Morgan fingerprint density at radius 1 is 1.65 bits per heavy atom. The van der Waals surface area contributed by atoms with E-state index in [4.69, 9.17) is 5.73 Å². The van der Waals surface area contributed by atoms with Crippen LogP contribution in [0.4, 0.5) is 0 Å². The average molecular weight is 255 g/mol. The lowest BCUT2D eigenvalue weighted by Crippen LogP contribution is -2.25. The van der Waals surface area contributed by atoms with Gasteiger partial charge in [-0.2, -0.15) is 0 Å². The van der Waals surface area contributed by atoms with Crippen LogP contribution in [0.3, 0.4) is 0 Å². The highest BCUT2D eigenvalue weighted by molar-refractivity contribution is 7.99. The summed E-state index contributed by atoms with van der Waals surface area (Å²) in [4.78, 5) is 11.4. The van der Waals surface area contributed by atoms with E-state index >= 15 is 0 Å². The number of nitrogens with two attached hydrogens (primary N) is 1. The van der Waals surface area contributed by atoms with E-state index in [9.17, 15) is 4.79 Å². The molecule has 0 saturated carbocycles. The van der Waals surface area contributed by atoms with Crippen molar-refractivity contribution in [3.05, 3.63) is 18.5 Å². The van der Waals surface area contributed by atoms with E-state index in [1.54, 1.807) is 6.08 Å². The van der Waals surface area contributed by atoms with Gasteiger partial charge in [0.05, 0.1) is 5.75 Å². The fourth-order valence-electron chi connectivity index (χ4n) is 1.22. The smallest absolute Gasteiger partial charge is 0.230 e. The van der Waals surface area contributed by atoms with Crippen LogP contribution in [0, 0.1) is 6.92 Å². The first-order valence-electron chi connectivity index (χ1n) is 5.29. The Labute approximate surface area is 105 Å². The summed E-state index contributed by atoms with van der Waals surface area (Å²) in [7, 11) is 0. The van der Waals surface area contributed by atoms with E-state index in [0.717, 1.165) is 11.0 Å². The third-order valence-electron chi connectivity index (χ3n) is 2.03. The summed E-state index contributed by atoms with van der Waals surface area (Å²) in [6.45, 7) is 7.06. The Morgan fingerprint density at radius 2 is 2.41 bits per heavy atom. The molecule has 0 unspecified atom stereocenters. The normalized spacial score (nSPS) is 10.2. The SMILES string of the molecule is C=CCNC(=O)CSc1nnc(C)n1CCN. The van der Waals surface area contributed by atoms with Crippen LogP contribution < -0.4 is 11.1 Å². The van der Waals surface area contributed by atoms with Crippen LogP contribution in [0.15, 0.2) is 17.8 Å². The molecule has 1 heterocycles.